The second-order valence-corrected chi connectivity index (χ2v) is 5.39. The van der Waals surface area contributed by atoms with Crippen molar-refractivity contribution in [2.75, 3.05) is 6.54 Å². The Hall–Kier alpha value is -1.47. The van der Waals surface area contributed by atoms with Crippen molar-refractivity contribution >= 4 is 23.2 Å². The third kappa shape index (κ3) is 2.68. The number of aliphatic hydroxyl groups is 1. The van der Waals surface area contributed by atoms with E-state index in [4.69, 9.17) is 5.11 Å². The molecule has 2 N–H and O–H groups in total. The Balaban J connectivity index is 2.06. The maximum absolute atomic E-state index is 12.0. The van der Waals surface area contributed by atoms with Gasteiger partial charge in [-0.2, -0.15) is 0 Å². The summed E-state index contributed by atoms with van der Waals surface area (Å²) in [5.41, 5.74) is 0.646. The molecule has 2 rings (SSSR count). The van der Waals surface area contributed by atoms with Gasteiger partial charge in [-0.1, -0.05) is 0 Å². The molecule has 1 aliphatic heterocycles. The number of thiazole rings is 1. The molecule has 1 unspecified atom stereocenters. The molecule has 1 fully saturated rings. The monoisotopic (exact) mass is 270 g/mol. The summed E-state index contributed by atoms with van der Waals surface area (Å²) < 4.78 is 0. The van der Waals surface area contributed by atoms with E-state index in [0.717, 1.165) is 5.01 Å². The molecule has 0 aromatic carbocycles. The van der Waals surface area contributed by atoms with Gasteiger partial charge in [0.2, 0.25) is 5.91 Å². The van der Waals surface area contributed by atoms with Crippen LogP contribution in [0.3, 0.4) is 0 Å². The number of amides is 1. The zero-order valence-electron chi connectivity index (χ0n) is 9.87. The van der Waals surface area contributed by atoms with Crippen LogP contribution >= 0.6 is 11.3 Å². The SMILES string of the molecule is Cc1nc(CC(=O)N2CC(O)C[C@H]2C(=O)O)cs1. The summed E-state index contributed by atoms with van der Waals surface area (Å²) in [7, 11) is 0. The van der Waals surface area contributed by atoms with Crippen LogP contribution in [0.1, 0.15) is 17.1 Å². The molecule has 0 saturated carbocycles. The third-order valence-corrected chi connectivity index (χ3v) is 3.71. The van der Waals surface area contributed by atoms with E-state index < -0.39 is 18.1 Å². The number of aryl methyl sites for hydroxylation is 1. The molecular weight excluding hydrogens is 256 g/mol. The van der Waals surface area contributed by atoms with Gasteiger partial charge in [-0.25, -0.2) is 9.78 Å². The molecule has 1 saturated heterocycles. The van der Waals surface area contributed by atoms with Crippen LogP contribution in [-0.4, -0.2) is 50.7 Å². The fourth-order valence-corrected chi connectivity index (χ4v) is 2.68. The number of carboxylic acids is 1. The van der Waals surface area contributed by atoms with Crippen LogP contribution in [0.25, 0.3) is 0 Å². The van der Waals surface area contributed by atoms with Gasteiger partial charge in [0.1, 0.15) is 6.04 Å². The van der Waals surface area contributed by atoms with Crippen molar-refractivity contribution in [3.63, 3.8) is 0 Å². The molecule has 0 radical (unpaired) electrons. The van der Waals surface area contributed by atoms with Crippen LogP contribution in [0.5, 0.6) is 0 Å². The molecule has 2 heterocycles. The lowest BCUT2D eigenvalue weighted by Gasteiger charge is -2.20. The minimum Gasteiger partial charge on any atom is -0.480 e. The van der Waals surface area contributed by atoms with E-state index in [0.29, 0.717) is 5.69 Å². The first kappa shape index (κ1) is 13.0. The Morgan fingerprint density at radius 1 is 1.61 bits per heavy atom. The van der Waals surface area contributed by atoms with Crippen molar-refractivity contribution in [1.82, 2.24) is 9.88 Å². The lowest BCUT2D eigenvalue weighted by atomic mass is 10.2. The fourth-order valence-electron chi connectivity index (χ4n) is 2.07. The summed E-state index contributed by atoms with van der Waals surface area (Å²) in [5.74, 6) is -1.38. The number of aliphatic hydroxyl groups excluding tert-OH is 1. The topological polar surface area (TPSA) is 90.7 Å². The van der Waals surface area contributed by atoms with Crippen molar-refractivity contribution in [3.8, 4) is 0 Å². The number of aliphatic carboxylic acids is 1. The Labute approximate surface area is 108 Å². The molecule has 0 bridgehead atoms. The molecule has 7 heteroatoms. The molecular formula is C11H14N2O4S. The van der Waals surface area contributed by atoms with Gasteiger partial charge in [-0.3, -0.25) is 4.79 Å². The van der Waals surface area contributed by atoms with Gasteiger partial charge in [0.15, 0.2) is 0 Å². The Morgan fingerprint density at radius 2 is 2.33 bits per heavy atom. The number of carbonyl (C=O) groups is 2. The van der Waals surface area contributed by atoms with Gasteiger partial charge in [0, 0.05) is 18.3 Å². The van der Waals surface area contributed by atoms with E-state index in [-0.39, 0.29) is 25.3 Å². The summed E-state index contributed by atoms with van der Waals surface area (Å²) in [6, 6.07) is -0.924. The van der Waals surface area contributed by atoms with Gasteiger partial charge in [0.25, 0.3) is 0 Å². The van der Waals surface area contributed by atoms with Crippen LogP contribution < -0.4 is 0 Å². The first-order valence-corrected chi connectivity index (χ1v) is 6.46. The molecule has 1 aromatic rings. The van der Waals surface area contributed by atoms with E-state index in [1.54, 1.807) is 5.38 Å². The Morgan fingerprint density at radius 3 is 2.89 bits per heavy atom. The van der Waals surface area contributed by atoms with E-state index in [2.05, 4.69) is 4.98 Å². The van der Waals surface area contributed by atoms with Gasteiger partial charge < -0.3 is 15.1 Å². The van der Waals surface area contributed by atoms with Gasteiger partial charge >= 0.3 is 5.97 Å². The van der Waals surface area contributed by atoms with Crippen LogP contribution in [0.4, 0.5) is 0 Å². The number of carboxylic acid groups (broad SMARTS) is 1. The molecule has 1 aromatic heterocycles. The lowest BCUT2D eigenvalue weighted by molar-refractivity contribution is -0.148. The zero-order valence-corrected chi connectivity index (χ0v) is 10.7. The summed E-state index contributed by atoms with van der Waals surface area (Å²) >= 11 is 1.45. The smallest absolute Gasteiger partial charge is 0.326 e. The highest BCUT2D eigenvalue weighted by molar-refractivity contribution is 7.09. The highest BCUT2D eigenvalue weighted by Gasteiger charge is 2.38. The number of β-amino-alcohol motifs (C(OH)–C–C–N with tert-alkyl or cyclic N) is 1. The number of hydrogen-bond donors (Lipinski definition) is 2. The first-order valence-electron chi connectivity index (χ1n) is 5.58. The minimum atomic E-state index is -1.07. The molecule has 2 atom stereocenters. The van der Waals surface area contributed by atoms with Gasteiger partial charge in [-0.15, -0.1) is 11.3 Å². The molecule has 1 aliphatic rings. The second-order valence-electron chi connectivity index (χ2n) is 4.32. The van der Waals surface area contributed by atoms with E-state index >= 15 is 0 Å². The number of rotatable bonds is 3. The molecule has 1 amide bonds. The Kier molecular flexibility index (Phi) is 3.63. The number of hydrogen-bond acceptors (Lipinski definition) is 5. The van der Waals surface area contributed by atoms with Crippen LogP contribution in [0.2, 0.25) is 0 Å². The normalized spacial score (nSPS) is 23.3. The minimum absolute atomic E-state index is 0.0823. The summed E-state index contributed by atoms with van der Waals surface area (Å²) in [4.78, 5) is 28.4. The highest BCUT2D eigenvalue weighted by Crippen LogP contribution is 2.20. The van der Waals surface area contributed by atoms with Crippen molar-refractivity contribution in [2.45, 2.75) is 31.9 Å². The van der Waals surface area contributed by atoms with Gasteiger partial charge in [0.05, 0.1) is 23.2 Å². The van der Waals surface area contributed by atoms with Crippen molar-refractivity contribution in [1.29, 1.82) is 0 Å². The number of nitrogens with zero attached hydrogens (tertiary/aromatic N) is 2. The maximum atomic E-state index is 12.0. The van der Waals surface area contributed by atoms with Crippen molar-refractivity contribution in [3.05, 3.63) is 16.1 Å². The van der Waals surface area contributed by atoms with Gasteiger partial charge in [-0.05, 0) is 6.92 Å². The van der Waals surface area contributed by atoms with E-state index in [1.807, 2.05) is 6.92 Å². The third-order valence-electron chi connectivity index (χ3n) is 2.88. The van der Waals surface area contributed by atoms with Crippen LogP contribution in [-0.2, 0) is 16.0 Å². The van der Waals surface area contributed by atoms with Crippen LogP contribution in [0, 0.1) is 6.92 Å². The lowest BCUT2D eigenvalue weighted by Crippen LogP contribution is -2.41. The fraction of sp³-hybridized carbons (Fsp3) is 0.545. The second kappa shape index (κ2) is 5.03. The zero-order chi connectivity index (χ0) is 13.3. The summed E-state index contributed by atoms with van der Waals surface area (Å²) in [6.45, 7) is 1.93. The molecule has 6 nitrogen and oxygen atoms in total. The van der Waals surface area contributed by atoms with Crippen molar-refractivity contribution < 1.29 is 19.8 Å². The average Bonchev–Trinajstić information content (AvgIpc) is 2.85. The largest absolute Gasteiger partial charge is 0.480 e. The highest BCUT2D eigenvalue weighted by atomic mass is 32.1. The quantitative estimate of drug-likeness (QED) is 0.809. The molecule has 0 spiro atoms. The number of likely N-dealkylation sites (tertiary alicyclic amines) is 1. The predicted molar refractivity (Wildman–Crippen MR) is 64.3 cm³/mol. The first-order chi connectivity index (χ1) is 8.47. The van der Waals surface area contributed by atoms with E-state index in [9.17, 15) is 14.7 Å². The van der Waals surface area contributed by atoms with Crippen molar-refractivity contribution in [2.24, 2.45) is 0 Å². The predicted octanol–water partition coefficient (Wildman–Crippen LogP) is 0.0404. The molecule has 18 heavy (non-hydrogen) atoms. The standard InChI is InChI=1S/C11H14N2O4S/c1-6-12-7(5-18-6)2-10(15)13-4-8(14)3-9(13)11(16)17/h5,8-9,14H,2-4H2,1H3,(H,16,17)/t8?,9-/m0/s1. The average molecular weight is 270 g/mol. The Bertz CT molecular complexity index is 473. The number of carbonyl (C=O) groups excluding carboxylic acids is 1. The molecule has 98 valence electrons. The van der Waals surface area contributed by atoms with Crippen LogP contribution in [0.15, 0.2) is 5.38 Å². The maximum Gasteiger partial charge on any atom is 0.326 e. The van der Waals surface area contributed by atoms with E-state index in [1.165, 1.54) is 16.2 Å². The molecule has 0 aliphatic carbocycles. The number of aromatic nitrogens is 1. The summed E-state index contributed by atoms with van der Waals surface area (Å²) in [5, 5.41) is 21.1. The summed E-state index contributed by atoms with van der Waals surface area (Å²) in [6.07, 6.45) is -0.579.